The van der Waals surface area contributed by atoms with Gasteiger partial charge in [-0.3, -0.25) is 4.79 Å². The average Bonchev–Trinajstić information content (AvgIpc) is 2.70. The minimum Gasteiger partial charge on any atom is -0.350 e. The molecular weight excluding hydrogens is 433 g/mol. The Morgan fingerprint density at radius 3 is 2.87 bits per heavy atom. The fourth-order valence-electron chi connectivity index (χ4n) is 3.61. The summed E-state index contributed by atoms with van der Waals surface area (Å²) >= 11 is 1.21. The van der Waals surface area contributed by atoms with E-state index in [-0.39, 0.29) is 17.0 Å². The summed E-state index contributed by atoms with van der Waals surface area (Å²) in [5.41, 5.74) is 0.163. The van der Waals surface area contributed by atoms with Gasteiger partial charge >= 0.3 is 6.03 Å². The van der Waals surface area contributed by atoms with Gasteiger partial charge in [-0.25, -0.2) is 21.9 Å². The first-order valence-corrected chi connectivity index (χ1v) is 11.9. The van der Waals surface area contributed by atoms with E-state index in [0.29, 0.717) is 15.7 Å². The lowest BCUT2D eigenvalue weighted by atomic mass is 9.90. The van der Waals surface area contributed by atoms with Crippen molar-refractivity contribution in [3.05, 3.63) is 18.2 Å². The third kappa shape index (κ3) is 4.23. The molecule has 30 heavy (non-hydrogen) atoms. The molecule has 0 aliphatic carbocycles. The van der Waals surface area contributed by atoms with E-state index in [2.05, 4.69) is 16.0 Å². The zero-order valence-corrected chi connectivity index (χ0v) is 18.0. The molecule has 2 aliphatic heterocycles. The number of fused-ring (bicyclic) bond motifs is 1. The summed E-state index contributed by atoms with van der Waals surface area (Å²) in [7, 11) is -4.24. The molecular formula is C18H22FN5O4S2. The van der Waals surface area contributed by atoms with Gasteiger partial charge in [-0.2, -0.15) is 5.26 Å². The highest BCUT2D eigenvalue weighted by atomic mass is 32.2. The highest BCUT2D eigenvalue weighted by molar-refractivity contribution is 7.99. The zero-order valence-electron chi connectivity index (χ0n) is 16.4. The molecule has 3 amide bonds. The van der Waals surface area contributed by atoms with E-state index in [1.165, 1.54) is 17.8 Å². The van der Waals surface area contributed by atoms with Gasteiger partial charge in [0.25, 0.3) is 10.0 Å². The van der Waals surface area contributed by atoms with Gasteiger partial charge in [-0.05, 0) is 31.7 Å². The van der Waals surface area contributed by atoms with Crippen LogP contribution in [0.3, 0.4) is 0 Å². The molecule has 0 bridgehead atoms. The number of piperidine rings is 1. The van der Waals surface area contributed by atoms with E-state index in [4.69, 9.17) is 5.26 Å². The molecule has 2 aliphatic rings. The van der Waals surface area contributed by atoms with Gasteiger partial charge in [0.05, 0.1) is 23.7 Å². The number of nitrogens with one attached hydrogen (secondary N) is 3. The van der Waals surface area contributed by atoms with Crippen LogP contribution in [0.15, 0.2) is 28.0 Å². The molecule has 162 valence electrons. The Morgan fingerprint density at radius 1 is 1.50 bits per heavy atom. The smallest absolute Gasteiger partial charge is 0.336 e. The summed E-state index contributed by atoms with van der Waals surface area (Å²) in [6.45, 7) is 1.16. The number of benzene rings is 1. The number of hydrogen-bond donors (Lipinski definition) is 3. The molecule has 1 saturated heterocycles. The van der Waals surface area contributed by atoms with E-state index >= 15 is 0 Å². The molecule has 3 N–H and O–H groups in total. The molecule has 1 aromatic rings. The van der Waals surface area contributed by atoms with Gasteiger partial charge in [0, 0.05) is 17.5 Å². The maximum absolute atomic E-state index is 14.3. The monoisotopic (exact) mass is 455 g/mol. The number of halogens is 1. The van der Waals surface area contributed by atoms with Crippen LogP contribution in [0.1, 0.15) is 13.3 Å². The Balaban J connectivity index is 1.72. The summed E-state index contributed by atoms with van der Waals surface area (Å²) < 4.78 is 40.8. The number of sulfonamides is 1. The van der Waals surface area contributed by atoms with Crippen molar-refractivity contribution >= 4 is 39.4 Å². The van der Waals surface area contributed by atoms with E-state index in [0.717, 1.165) is 0 Å². The van der Waals surface area contributed by atoms with Crippen LogP contribution in [0.5, 0.6) is 0 Å². The molecule has 9 nitrogen and oxygen atoms in total. The van der Waals surface area contributed by atoms with E-state index < -0.39 is 52.7 Å². The number of nitriles is 1. The van der Waals surface area contributed by atoms with Crippen molar-refractivity contribution in [3.8, 4) is 6.07 Å². The highest BCUT2D eigenvalue weighted by Crippen LogP contribution is 2.36. The summed E-state index contributed by atoms with van der Waals surface area (Å²) in [4.78, 5) is 25.2. The molecule has 0 radical (unpaired) electrons. The minimum absolute atomic E-state index is 0.0572. The van der Waals surface area contributed by atoms with E-state index in [1.807, 2.05) is 6.07 Å². The fourth-order valence-corrected chi connectivity index (χ4v) is 6.18. The molecule has 12 heteroatoms. The lowest BCUT2D eigenvalue weighted by Gasteiger charge is -2.35. The van der Waals surface area contributed by atoms with Crippen LogP contribution < -0.4 is 16.0 Å². The van der Waals surface area contributed by atoms with Crippen LogP contribution in [0.25, 0.3) is 0 Å². The van der Waals surface area contributed by atoms with Crippen molar-refractivity contribution in [2.24, 2.45) is 5.92 Å². The number of alkyl halides is 1. The van der Waals surface area contributed by atoms with Crippen LogP contribution in [0.4, 0.5) is 14.9 Å². The largest absolute Gasteiger partial charge is 0.350 e. The molecule has 0 spiro atoms. The van der Waals surface area contributed by atoms with Crippen molar-refractivity contribution in [3.63, 3.8) is 0 Å². The number of carbonyl (C=O) groups excluding carboxylic acids is 2. The van der Waals surface area contributed by atoms with Crippen LogP contribution in [-0.4, -0.2) is 62.3 Å². The molecule has 0 saturated carbocycles. The fraction of sp³-hybridized carbons (Fsp3) is 0.500. The normalized spacial score (nSPS) is 26.1. The van der Waals surface area contributed by atoms with E-state index in [9.17, 15) is 22.4 Å². The molecule has 2 heterocycles. The van der Waals surface area contributed by atoms with Gasteiger partial charge in [0.2, 0.25) is 5.91 Å². The number of nitrogens with zero attached hydrogens (tertiary/aromatic N) is 2. The Morgan fingerprint density at radius 2 is 2.23 bits per heavy atom. The van der Waals surface area contributed by atoms with Crippen LogP contribution in [-0.2, 0) is 14.8 Å². The number of thioether (sulfide) groups is 1. The SMILES string of the molecule is CSc1cccc2c1S(=O)(=O)N(CC(=O)N[C@@H](C)C1NCC(C#N)CC1F)C(=O)N2. The number of rotatable bonds is 5. The van der Waals surface area contributed by atoms with Gasteiger partial charge in [-0.1, -0.05) is 6.07 Å². The predicted molar refractivity (Wildman–Crippen MR) is 109 cm³/mol. The zero-order chi connectivity index (χ0) is 22.1. The quantitative estimate of drug-likeness (QED) is 0.570. The maximum Gasteiger partial charge on any atom is 0.336 e. The van der Waals surface area contributed by atoms with Gasteiger partial charge < -0.3 is 16.0 Å². The second-order valence-electron chi connectivity index (χ2n) is 7.15. The van der Waals surface area contributed by atoms with Crippen molar-refractivity contribution in [2.75, 3.05) is 24.7 Å². The minimum atomic E-state index is -4.24. The number of anilines is 1. The van der Waals surface area contributed by atoms with Gasteiger partial charge in [0.1, 0.15) is 17.6 Å². The number of urea groups is 1. The second-order valence-corrected chi connectivity index (χ2v) is 9.79. The number of hydrogen-bond acceptors (Lipinski definition) is 7. The van der Waals surface area contributed by atoms with Crippen molar-refractivity contribution in [1.29, 1.82) is 5.26 Å². The summed E-state index contributed by atoms with van der Waals surface area (Å²) in [5.74, 6) is -1.17. The highest BCUT2D eigenvalue weighted by Gasteiger charge is 2.40. The third-order valence-corrected chi connectivity index (χ3v) is 7.85. The van der Waals surface area contributed by atoms with Crippen LogP contribution in [0, 0.1) is 17.2 Å². The second kappa shape index (κ2) is 8.79. The summed E-state index contributed by atoms with van der Waals surface area (Å²) in [6, 6.07) is 4.42. The maximum atomic E-state index is 14.3. The molecule has 1 fully saturated rings. The van der Waals surface area contributed by atoms with Crippen molar-refractivity contribution in [1.82, 2.24) is 14.9 Å². The lowest BCUT2D eigenvalue weighted by molar-refractivity contribution is -0.121. The topological polar surface area (TPSA) is 131 Å². The van der Waals surface area contributed by atoms with E-state index in [1.54, 1.807) is 25.3 Å². The van der Waals surface area contributed by atoms with Crippen LogP contribution >= 0.6 is 11.8 Å². The predicted octanol–water partition coefficient (Wildman–Crippen LogP) is 1.29. The number of carbonyl (C=O) groups is 2. The molecule has 3 unspecified atom stereocenters. The standard InChI is InChI=1S/C18H22FN5O4S2/c1-10(16-12(19)6-11(7-20)8-21-16)22-15(25)9-24-18(26)23-13-4-3-5-14(29-2)17(13)30(24,27)28/h3-5,10-12,16,21H,6,8-9H2,1-2H3,(H,22,25)(H,23,26)/t10-,11?,12?,16?/m0/s1. The van der Waals surface area contributed by atoms with Crippen molar-refractivity contribution < 1.29 is 22.4 Å². The van der Waals surface area contributed by atoms with Crippen LogP contribution in [0.2, 0.25) is 0 Å². The third-order valence-electron chi connectivity index (χ3n) is 5.11. The Labute approximate surface area is 178 Å². The average molecular weight is 456 g/mol. The first-order valence-electron chi connectivity index (χ1n) is 9.26. The Bertz CT molecular complexity index is 997. The summed E-state index contributed by atoms with van der Waals surface area (Å²) in [5, 5.41) is 16.9. The van der Waals surface area contributed by atoms with Crippen molar-refractivity contribution in [2.45, 2.75) is 41.4 Å². The Hall–Kier alpha value is -2.36. The lowest BCUT2D eigenvalue weighted by Crippen LogP contribution is -2.58. The molecule has 4 atom stereocenters. The first kappa shape index (κ1) is 22.3. The molecule has 1 aromatic carbocycles. The van der Waals surface area contributed by atoms with Gasteiger partial charge in [0.15, 0.2) is 0 Å². The Kier molecular flexibility index (Phi) is 6.54. The first-order chi connectivity index (χ1) is 14.2. The molecule has 0 aromatic heterocycles. The number of amides is 3. The summed E-state index contributed by atoms with van der Waals surface area (Å²) in [6.07, 6.45) is 0.435. The molecule has 3 rings (SSSR count). The van der Waals surface area contributed by atoms with Gasteiger partial charge in [-0.15, -0.1) is 11.8 Å².